The summed E-state index contributed by atoms with van der Waals surface area (Å²) in [6.07, 6.45) is 9.79. The molecule has 0 radical (unpaired) electrons. The molecular formula is C20H36N2. The average molecular weight is 305 g/mol. The molecule has 2 nitrogen and oxygen atoms in total. The van der Waals surface area contributed by atoms with Gasteiger partial charge in [-0.25, -0.2) is 0 Å². The van der Waals surface area contributed by atoms with Crippen molar-refractivity contribution in [3.8, 4) is 0 Å². The van der Waals surface area contributed by atoms with Gasteiger partial charge in [-0.3, -0.25) is 0 Å². The summed E-state index contributed by atoms with van der Waals surface area (Å²) < 4.78 is 0. The van der Waals surface area contributed by atoms with Gasteiger partial charge in [0.15, 0.2) is 0 Å². The molecule has 2 heteroatoms. The zero-order valence-electron chi connectivity index (χ0n) is 15.7. The van der Waals surface area contributed by atoms with Crippen molar-refractivity contribution in [3.63, 3.8) is 0 Å². The molecule has 0 N–H and O–H groups in total. The van der Waals surface area contributed by atoms with E-state index in [1.807, 2.05) is 0 Å². The molecule has 2 aliphatic rings. The van der Waals surface area contributed by atoms with Gasteiger partial charge in [0.05, 0.1) is 0 Å². The van der Waals surface area contributed by atoms with Gasteiger partial charge >= 0.3 is 0 Å². The Balaban J connectivity index is 1.83. The third-order valence-electron chi connectivity index (χ3n) is 5.91. The highest BCUT2D eigenvalue weighted by molar-refractivity contribution is 5.88. The molecule has 0 aliphatic heterocycles. The molecule has 0 unspecified atom stereocenters. The van der Waals surface area contributed by atoms with Crippen molar-refractivity contribution in [2.75, 3.05) is 0 Å². The molecule has 0 aromatic heterocycles. The summed E-state index contributed by atoms with van der Waals surface area (Å²) in [6.45, 7) is 14.2. The van der Waals surface area contributed by atoms with Gasteiger partial charge in [-0.2, -0.15) is 10.2 Å². The first-order valence-corrected chi connectivity index (χ1v) is 9.27. The molecule has 22 heavy (non-hydrogen) atoms. The minimum atomic E-state index is 0.447. The fourth-order valence-electron chi connectivity index (χ4n) is 3.98. The summed E-state index contributed by atoms with van der Waals surface area (Å²) in [4.78, 5) is 0. The summed E-state index contributed by atoms with van der Waals surface area (Å²) >= 11 is 0. The topological polar surface area (TPSA) is 24.7 Å². The zero-order valence-corrected chi connectivity index (χ0v) is 15.7. The van der Waals surface area contributed by atoms with Crippen LogP contribution in [0.1, 0.15) is 92.9 Å². The quantitative estimate of drug-likeness (QED) is 0.511. The van der Waals surface area contributed by atoms with E-state index in [0.29, 0.717) is 10.8 Å². The van der Waals surface area contributed by atoms with Gasteiger partial charge in [0, 0.05) is 11.4 Å². The zero-order chi connectivity index (χ0) is 16.4. The first kappa shape index (κ1) is 17.7. The van der Waals surface area contributed by atoms with Gasteiger partial charge in [-0.05, 0) is 74.0 Å². The van der Waals surface area contributed by atoms with E-state index in [4.69, 9.17) is 0 Å². The lowest BCUT2D eigenvalue weighted by Gasteiger charge is -2.34. The lowest BCUT2D eigenvalue weighted by atomic mass is 9.72. The van der Waals surface area contributed by atoms with Crippen LogP contribution in [0.15, 0.2) is 10.2 Å². The fraction of sp³-hybridized carbons (Fsp3) is 0.900. The van der Waals surface area contributed by atoms with Gasteiger partial charge in [-0.15, -0.1) is 0 Å². The minimum absolute atomic E-state index is 0.447. The van der Waals surface area contributed by atoms with Crippen LogP contribution in [0.2, 0.25) is 0 Å². The predicted octanol–water partition coefficient (Wildman–Crippen LogP) is 6.26. The summed E-state index contributed by atoms with van der Waals surface area (Å²) in [5, 5.41) is 9.23. The Kier molecular flexibility index (Phi) is 5.50. The Hall–Kier alpha value is -0.660. The molecular weight excluding hydrogens is 268 g/mol. The normalized spacial score (nSPS) is 27.7. The summed E-state index contributed by atoms with van der Waals surface area (Å²) in [5.41, 5.74) is 3.57. The van der Waals surface area contributed by atoms with Crippen molar-refractivity contribution in [1.29, 1.82) is 0 Å². The van der Waals surface area contributed by atoms with Gasteiger partial charge in [0.25, 0.3) is 0 Å². The first-order valence-electron chi connectivity index (χ1n) is 9.27. The molecule has 2 saturated carbocycles. The van der Waals surface area contributed by atoms with E-state index in [1.54, 1.807) is 0 Å². The number of rotatable bonds is 1. The third kappa shape index (κ3) is 4.93. The van der Waals surface area contributed by atoms with Crippen molar-refractivity contribution < 1.29 is 0 Å². The first-order chi connectivity index (χ1) is 10.2. The van der Waals surface area contributed by atoms with Crippen molar-refractivity contribution in [2.24, 2.45) is 32.9 Å². The number of hydrogen-bond donors (Lipinski definition) is 0. The standard InChI is InChI=1S/C20H36N2/c1-19(2,3)15-7-11-17(12-8-15)21-22-18-13-9-16(10-14-18)20(4,5)6/h15-16H,7-14H2,1-6H3. The van der Waals surface area contributed by atoms with Crippen molar-refractivity contribution in [1.82, 2.24) is 0 Å². The van der Waals surface area contributed by atoms with Crippen LogP contribution in [-0.4, -0.2) is 11.4 Å². The van der Waals surface area contributed by atoms with E-state index < -0.39 is 0 Å². The van der Waals surface area contributed by atoms with E-state index in [1.165, 1.54) is 37.1 Å². The summed E-state index contributed by atoms with van der Waals surface area (Å²) in [5.74, 6) is 1.70. The SMILES string of the molecule is CC(C)(C)C1CCC(=NN=C2CCC(C(C)(C)C)CC2)CC1. The smallest absolute Gasteiger partial charge is 0.0406 e. The van der Waals surface area contributed by atoms with Gasteiger partial charge in [0.1, 0.15) is 0 Å². The van der Waals surface area contributed by atoms with Gasteiger partial charge < -0.3 is 0 Å². The Morgan fingerprint density at radius 1 is 0.591 bits per heavy atom. The average Bonchev–Trinajstić information content (AvgIpc) is 2.44. The molecule has 0 spiro atoms. The van der Waals surface area contributed by atoms with Crippen LogP contribution < -0.4 is 0 Å². The molecule has 0 amide bonds. The molecule has 126 valence electrons. The van der Waals surface area contributed by atoms with E-state index in [0.717, 1.165) is 37.5 Å². The van der Waals surface area contributed by atoms with Crippen LogP contribution in [-0.2, 0) is 0 Å². The molecule has 0 aromatic carbocycles. The lowest BCUT2D eigenvalue weighted by Crippen LogP contribution is -2.26. The van der Waals surface area contributed by atoms with Crippen LogP contribution in [0.4, 0.5) is 0 Å². The number of hydrogen-bond acceptors (Lipinski definition) is 2. The number of nitrogens with zero attached hydrogens (tertiary/aromatic N) is 2. The highest BCUT2D eigenvalue weighted by Crippen LogP contribution is 2.38. The highest BCUT2D eigenvalue weighted by atomic mass is 15.2. The van der Waals surface area contributed by atoms with E-state index >= 15 is 0 Å². The van der Waals surface area contributed by atoms with Crippen LogP contribution in [0.25, 0.3) is 0 Å². The molecule has 2 fully saturated rings. The fourth-order valence-corrected chi connectivity index (χ4v) is 3.98. The third-order valence-corrected chi connectivity index (χ3v) is 5.91. The Bertz CT molecular complexity index is 370. The Morgan fingerprint density at radius 2 is 0.864 bits per heavy atom. The van der Waals surface area contributed by atoms with E-state index in [-0.39, 0.29) is 0 Å². The molecule has 2 aliphatic carbocycles. The largest absolute Gasteiger partial charge is 0.160 e. The second kappa shape index (κ2) is 6.84. The van der Waals surface area contributed by atoms with Crippen LogP contribution in [0.3, 0.4) is 0 Å². The monoisotopic (exact) mass is 304 g/mol. The Morgan fingerprint density at radius 3 is 1.09 bits per heavy atom. The maximum atomic E-state index is 4.62. The van der Waals surface area contributed by atoms with Crippen LogP contribution in [0, 0.1) is 22.7 Å². The van der Waals surface area contributed by atoms with Crippen LogP contribution in [0.5, 0.6) is 0 Å². The van der Waals surface area contributed by atoms with Crippen LogP contribution >= 0.6 is 0 Å². The lowest BCUT2D eigenvalue weighted by molar-refractivity contribution is 0.208. The maximum Gasteiger partial charge on any atom is 0.0406 e. The van der Waals surface area contributed by atoms with Crippen molar-refractivity contribution in [2.45, 2.75) is 92.9 Å². The summed E-state index contributed by atoms with van der Waals surface area (Å²) in [7, 11) is 0. The Labute approximate surface area is 137 Å². The molecule has 0 heterocycles. The molecule has 0 atom stereocenters. The second-order valence-electron chi connectivity index (χ2n) is 9.61. The summed E-state index contributed by atoms with van der Waals surface area (Å²) in [6, 6.07) is 0. The molecule has 0 aromatic rings. The second-order valence-corrected chi connectivity index (χ2v) is 9.61. The van der Waals surface area contributed by atoms with Gasteiger partial charge in [0.2, 0.25) is 0 Å². The van der Waals surface area contributed by atoms with E-state index in [9.17, 15) is 0 Å². The van der Waals surface area contributed by atoms with E-state index in [2.05, 4.69) is 51.7 Å². The minimum Gasteiger partial charge on any atom is -0.160 e. The van der Waals surface area contributed by atoms with Gasteiger partial charge in [-0.1, -0.05) is 41.5 Å². The maximum absolute atomic E-state index is 4.62. The van der Waals surface area contributed by atoms with Crippen molar-refractivity contribution in [3.05, 3.63) is 0 Å². The highest BCUT2D eigenvalue weighted by Gasteiger charge is 2.29. The predicted molar refractivity (Wildman–Crippen MR) is 97.7 cm³/mol. The molecule has 2 rings (SSSR count). The molecule has 0 saturated heterocycles. The van der Waals surface area contributed by atoms with Crippen molar-refractivity contribution >= 4 is 11.4 Å². The molecule has 0 bridgehead atoms.